The van der Waals surface area contributed by atoms with Gasteiger partial charge in [0.05, 0.1) is 6.54 Å². The minimum Gasteiger partial charge on any atom is -0.376 e. The molecule has 0 aliphatic carbocycles. The normalized spacial score (nSPS) is 10.7. The predicted octanol–water partition coefficient (Wildman–Crippen LogP) is 5.12. The number of nitrogens with one attached hydrogen (secondary N) is 2. The van der Waals surface area contributed by atoms with E-state index in [9.17, 15) is 4.79 Å². The first kappa shape index (κ1) is 19.9. The van der Waals surface area contributed by atoms with Crippen LogP contribution < -0.4 is 10.6 Å². The van der Waals surface area contributed by atoms with Gasteiger partial charge in [-0.2, -0.15) is 0 Å². The van der Waals surface area contributed by atoms with Crippen molar-refractivity contribution in [3.8, 4) is 11.1 Å². The fraction of sp³-hybridized carbons (Fsp3) is 0.174. The molecule has 0 unspecified atom stereocenters. The fourth-order valence-electron chi connectivity index (χ4n) is 2.87. The number of halogens is 1. The third kappa shape index (κ3) is 5.84. The molecule has 2 N–H and O–H groups in total. The minimum absolute atomic E-state index is 0.0814. The van der Waals surface area contributed by atoms with E-state index < -0.39 is 0 Å². The smallest absolute Gasteiger partial charge is 0.243 e. The molecular weight excluding hydrogens is 370 g/mol. The number of benzene rings is 3. The third-order valence-corrected chi connectivity index (χ3v) is 4.50. The van der Waals surface area contributed by atoms with Gasteiger partial charge in [-0.1, -0.05) is 48.0 Å². The average molecular weight is 394 g/mol. The molecule has 4 nitrogen and oxygen atoms in total. The van der Waals surface area contributed by atoms with Crippen molar-refractivity contribution >= 4 is 28.9 Å². The van der Waals surface area contributed by atoms with E-state index in [2.05, 4.69) is 15.5 Å². The van der Waals surface area contributed by atoms with Crippen molar-refractivity contribution in [3.05, 3.63) is 83.4 Å². The summed E-state index contributed by atoms with van der Waals surface area (Å²) < 4.78 is 0. The van der Waals surface area contributed by atoms with Gasteiger partial charge in [-0.05, 0) is 67.2 Å². The summed E-state index contributed by atoms with van der Waals surface area (Å²) in [6, 6.07) is 23.6. The van der Waals surface area contributed by atoms with Crippen molar-refractivity contribution in [3.63, 3.8) is 0 Å². The van der Waals surface area contributed by atoms with Crippen molar-refractivity contribution in [1.29, 1.82) is 0 Å². The maximum absolute atomic E-state index is 12.2. The monoisotopic (exact) mass is 393 g/mol. The lowest BCUT2D eigenvalue weighted by Crippen LogP contribution is -2.21. The van der Waals surface area contributed by atoms with Crippen molar-refractivity contribution in [2.45, 2.75) is 6.54 Å². The number of carbonyl (C=O) groups is 1. The topological polar surface area (TPSA) is 44.4 Å². The number of anilines is 2. The first-order valence-electron chi connectivity index (χ1n) is 9.13. The zero-order valence-corrected chi connectivity index (χ0v) is 16.8. The standard InChI is InChI=1S/C23H24ClN3O/c1-27(2)16-17-3-11-22(12-4-17)26-23(28)15-25-21-13-7-19(8-14-21)18-5-9-20(24)10-6-18/h3-14,25H,15-16H2,1-2H3,(H,26,28). The molecule has 5 heteroatoms. The lowest BCUT2D eigenvalue weighted by Gasteiger charge is -2.11. The van der Waals surface area contributed by atoms with Gasteiger partial charge in [-0.3, -0.25) is 4.79 Å². The van der Waals surface area contributed by atoms with Gasteiger partial charge in [0.2, 0.25) is 5.91 Å². The molecule has 28 heavy (non-hydrogen) atoms. The summed E-state index contributed by atoms with van der Waals surface area (Å²) in [5.74, 6) is -0.0814. The summed E-state index contributed by atoms with van der Waals surface area (Å²) in [5.41, 5.74) is 5.11. The van der Waals surface area contributed by atoms with Crippen LogP contribution in [-0.4, -0.2) is 31.4 Å². The highest BCUT2D eigenvalue weighted by Crippen LogP contribution is 2.23. The van der Waals surface area contributed by atoms with Crippen LogP contribution in [0.2, 0.25) is 5.02 Å². The third-order valence-electron chi connectivity index (χ3n) is 4.25. The van der Waals surface area contributed by atoms with Gasteiger partial charge >= 0.3 is 0 Å². The number of hydrogen-bond donors (Lipinski definition) is 2. The maximum Gasteiger partial charge on any atom is 0.243 e. The molecule has 0 aliphatic heterocycles. The zero-order valence-electron chi connectivity index (χ0n) is 16.1. The Labute approximate surface area is 171 Å². The Morgan fingerprint density at radius 2 is 1.36 bits per heavy atom. The second-order valence-corrected chi connectivity index (χ2v) is 7.36. The van der Waals surface area contributed by atoms with Gasteiger partial charge in [0.25, 0.3) is 0 Å². The summed E-state index contributed by atoms with van der Waals surface area (Å²) in [6.45, 7) is 1.08. The lowest BCUT2D eigenvalue weighted by atomic mass is 10.1. The molecule has 144 valence electrons. The van der Waals surface area contributed by atoms with Crippen LogP contribution in [0.5, 0.6) is 0 Å². The SMILES string of the molecule is CN(C)Cc1ccc(NC(=O)CNc2ccc(-c3ccc(Cl)cc3)cc2)cc1. The molecule has 1 amide bonds. The molecule has 3 aromatic carbocycles. The lowest BCUT2D eigenvalue weighted by molar-refractivity contribution is -0.114. The Balaban J connectivity index is 1.51. The van der Waals surface area contributed by atoms with Crippen LogP contribution in [0, 0.1) is 0 Å². The summed E-state index contributed by atoms with van der Waals surface area (Å²) >= 11 is 5.93. The Kier molecular flexibility index (Phi) is 6.69. The van der Waals surface area contributed by atoms with Gasteiger partial charge < -0.3 is 15.5 Å². The number of hydrogen-bond acceptors (Lipinski definition) is 3. The first-order chi connectivity index (χ1) is 13.5. The van der Waals surface area contributed by atoms with E-state index >= 15 is 0 Å². The molecule has 0 atom stereocenters. The van der Waals surface area contributed by atoms with Crippen molar-refractivity contribution in [1.82, 2.24) is 4.90 Å². The molecule has 0 aliphatic rings. The molecule has 0 fully saturated rings. The molecule has 0 aromatic heterocycles. The predicted molar refractivity (Wildman–Crippen MR) is 118 cm³/mol. The Morgan fingerprint density at radius 3 is 1.93 bits per heavy atom. The van der Waals surface area contributed by atoms with E-state index in [1.54, 1.807) is 0 Å². The Morgan fingerprint density at radius 1 is 0.821 bits per heavy atom. The van der Waals surface area contributed by atoms with Gasteiger partial charge in [0.1, 0.15) is 0 Å². The summed E-state index contributed by atoms with van der Waals surface area (Å²) in [5, 5.41) is 6.78. The molecule has 3 aromatic rings. The second-order valence-electron chi connectivity index (χ2n) is 6.92. The van der Waals surface area contributed by atoms with Crippen LogP contribution in [-0.2, 0) is 11.3 Å². The Hall–Kier alpha value is -2.82. The fourth-order valence-corrected chi connectivity index (χ4v) is 3.00. The summed E-state index contributed by atoms with van der Waals surface area (Å²) in [7, 11) is 4.06. The molecule has 0 radical (unpaired) electrons. The van der Waals surface area contributed by atoms with E-state index in [0.717, 1.165) is 34.1 Å². The second kappa shape index (κ2) is 9.40. The number of amides is 1. The van der Waals surface area contributed by atoms with Crippen molar-refractivity contribution in [2.24, 2.45) is 0 Å². The van der Waals surface area contributed by atoms with Crippen LogP contribution in [0.3, 0.4) is 0 Å². The molecule has 0 saturated heterocycles. The van der Waals surface area contributed by atoms with Crippen molar-refractivity contribution < 1.29 is 4.79 Å². The summed E-state index contributed by atoms with van der Waals surface area (Å²) in [6.07, 6.45) is 0. The number of rotatable bonds is 7. The van der Waals surface area contributed by atoms with Gasteiger partial charge in [0.15, 0.2) is 0 Å². The number of nitrogens with zero attached hydrogens (tertiary/aromatic N) is 1. The van der Waals surface area contributed by atoms with E-state index in [-0.39, 0.29) is 12.5 Å². The highest BCUT2D eigenvalue weighted by atomic mass is 35.5. The molecule has 0 spiro atoms. The van der Waals surface area contributed by atoms with Crippen LogP contribution in [0.1, 0.15) is 5.56 Å². The van der Waals surface area contributed by atoms with Gasteiger partial charge in [-0.25, -0.2) is 0 Å². The van der Waals surface area contributed by atoms with E-state index in [1.165, 1.54) is 5.56 Å². The number of carbonyl (C=O) groups excluding carboxylic acids is 1. The van der Waals surface area contributed by atoms with Gasteiger partial charge in [-0.15, -0.1) is 0 Å². The summed E-state index contributed by atoms with van der Waals surface area (Å²) in [4.78, 5) is 14.3. The molecule has 3 rings (SSSR count). The van der Waals surface area contributed by atoms with Gasteiger partial charge in [0, 0.05) is 22.9 Å². The van der Waals surface area contributed by atoms with E-state index in [4.69, 9.17) is 11.6 Å². The van der Waals surface area contributed by atoms with E-state index in [1.807, 2.05) is 86.9 Å². The minimum atomic E-state index is -0.0814. The largest absolute Gasteiger partial charge is 0.376 e. The molecule has 0 bridgehead atoms. The average Bonchev–Trinajstić information content (AvgIpc) is 2.69. The quantitative estimate of drug-likeness (QED) is 0.585. The molecular formula is C23H24ClN3O. The van der Waals surface area contributed by atoms with Crippen LogP contribution in [0.15, 0.2) is 72.8 Å². The van der Waals surface area contributed by atoms with Crippen LogP contribution >= 0.6 is 11.6 Å². The molecule has 0 saturated carbocycles. The highest BCUT2D eigenvalue weighted by Gasteiger charge is 2.04. The zero-order chi connectivity index (χ0) is 19.9. The maximum atomic E-state index is 12.2. The van der Waals surface area contributed by atoms with Crippen molar-refractivity contribution in [2.75, 3.05) is 31.3 Å². The molecule has 0 heterocycles. The highest BCUT2D eigenvalue weighted by molar-refractivity contribution is 6.30. The first-order valence-corrected chi connectivity index (χ1v) is 9.51. The van der Waals surface area contributed by atoms with Crippen LogP contribution in [0.4, 0.5) is 11.4 Å². The Bertz CT molecular complexity index is 904. The van der Waals surface area contributed by atoms with E-state index in [0.29, 0.717) is 0 Å². The van der Waals surface area contributed by atoms with Crippen LogP contribution in [0.25, 0.3) is 11.1 Å².